The first kappa shape index (κ1) is 26.1. The van der Waals surface area contributed by atoms with E-state index in [1.807, 2.05) is 11.3 Å². The summed E-state index contributed by atoms with van der Waals surface area (Å²) >= 11 is 1.89. The molecule has 2 nitrogen and oxygen atoms in total. The van der Waals surface area contributed by atoms with Gasteiger partial charge in [0.05, 0.1) is 26.9 Å². The van der Waals surface area contributed by atoms with Crippen molar-refractivity contribution in [3.05, 3.63) is 158 Å². The Kier molecular flexibility index (Phi) is 5.29. The molecule has 0 N–H and O–H groups in total. The Balaban J connectivity index is 1.28. The molecule has 8 aromatic carbocycles. The summed E-state index contributed by atoms with van der Waals surface area (Å²) in [7, 11) is 0. The summed E-state index contributed by atoms with van der Waals surface area (Å²) in [6, 6.07) is 57.5. The summed E-state index contributed by atoms with van der Waals surface area (Å²) in [5.74, 6) is 0. The number of benzene rings is 8. The van der Waals surface area contributed by atoms with Gasteiger partial charge in [-0.2, -0.15) is 0 Å². The molecule has 0 spiro atoms. The normalized spacial score (nSPS) is 12.2. The van der Waals surface area contributed by atoms with Crippen LogP contribution in [0.15, 0.2) is 158 Å². The predicted octanol–water partition coefficient (Wildman–Crippen LogP) is 12.8. The highest BCUT2D eigenvalue weighted by Crippen LogP contribution is 2.45. The summed E-state index contributed by atoms with van der Waals surface area (Å²) in [6.45, 7) is 0. The highest BCUT2D eigenvalue weighted by molar-refractivity contribution is 7.26. The van der Waals surface area contributed by atoms with E-state index in [0.717, 1.165) is 22.5 Å². The molecule has 0 aliphatic carbocycles. The van der Waals surface area contributed by atoms with E-state index in [-0.39, 0.29) is 0 Å². The van der Waals surface area contributed by atoms with E-state index >= 15 is 0 Å². The van der Waals surface area contributed by atoms with Crippen LogP contribution < -0.4 is 0 Å². The molecule has 11 aromatic rings. The molecule has 0 amide bonds. The molecule has 0 saturated heterocycles. The fourth-order valence-corrected chi connectivity index (χ4v) is 9.37. The minimum atomic E-state index is 1.01. The summed E-state index contributed by atoms with van der Waals surface area (Å²) < 4.78 is 5.11. The molecule has 0 radical (unpaired) electrons. The van der Waals surface area contributed by atoms with E-state index in [1.165, 1.54) is 79.7 Å². The van der Waals surface area contributed by atoms with E-state index in [2.05, 4.69) is 162 Å². The van der Waals surface area contributed by atoms with Gasteiger partial charge in [-0.05, 0) is 51.9 Å². The molecular formula is C45H26N2S. The van der Waals surface area contributed by atoms with Gasteiger partial charge in [-0.3, -0.25) is 0 Å². The third-order valence-electron chi connectivity index (χ3n) is 10.1. The van der Waals surface area contributed by atoms with E-state index in [1.54, 1.807) is 0 Å². The molecular weight excluding hydrogens is 601 g/mol. The zero-order chi connectivity index (χ0) is 31.3. The smallest absolute Gasteiger partial charge is 0.0795 e. The highest BCUT2D eigenvalue weighted by Gasteiger charge is 2.20. The second-order valence-corrected chi connectivity index (χ2v) is 13.7. The molecule has 222 valence electrons. The van der Waals surface area contributed by atoms with Crippen LogP contribution in [0.4, 0.5) is 0 Å². The summed E-state index contributed by atoms with van der Waals surface area (Å²) in [4.78, 5) is 5.45. The lowest BCUT2D eigenvalue weighted by Gasteiger charge is -2.17. The Hall–Kier alpha value is -6.03. The number of nitrogens with zero attached hydrogens (tertiary/aromatic N) is 2. The van der Waals surface area contributed by atoms with Crippen molar-refractivity contribution in [2.24, 2.45) is 0 Å². The lowest BCUT2D eigenvalue weighted by Crippen LogP contribution is -1.96. The van der Waals surface area contributed by atoms with Gasteiger partial charge < -0.3 is 4.57 Å². The second kappa shape index (κ2) is 9.74. The average molecular weight is 627 g/mol. The minimum Gasteiger partial charge on any atom is -0.308 e. The van der Waals surface area contributed by atoms with Crippen LogP contribution in [0.2, 0.25) is 0 Å². The summed E-state index contributed by atoms with van der Waals surface area (Å²) in [5.41, 5.74) is 6.74. The quantitative estimate of drug-likeness (QED) is 0.175. The van der Waals surface area contributed by atoms with E-state index in [0.29, 0.717) is 0 Å². The Labute approximate surface area is 279 Å². The maximum Gasteiger partial charge on any atom is 0.0795 e. The van der Waals surface area contributed by atoms with Crippen molar-refractivity contribution < 1.29 is 0 Å². The van der Waals surface area contributed by atoms with Crippen molar-refractivity contribution in [3.63, 3.8) is 0 Å². The molecule has 0 aliphatic heterocycles. The summed E-state index contributed by atoms with van der Waals surface area (Å²) in [5, 5.41) is 13.8. The van der Waals surface area contributed by atoms with Crippen molar-refractivity contribution in [2.45, 2.75) is 0 Å². The highest BCUT2D eigenvalue weighted by atomic mass is 32.1. The van der Waals surface area contributed by atoms with Gasteiger partial charge in [0.15, 0.2) is 0 Å². The molecule has 3 aromatic heterocycles. The van der Waals surface area contributed by atoms with Crippen LogP contribution in [-0.4, -0.2) is 9.55 Å². The largest absolute Gasteiger partial charge is 0.308 e. The van der Waals surface area contributed by atoms with Gasteiger partial charge in [0.2, 0.25) is 0 Å². The van der Waals surface area contributed by atoms with Crippen LogP contribution in [-0.2, 0) is 0 Å². The monoisotopic (exact) mass is 626 g/mol. The number of para-hydroxylation sites is 2. The van der Waals surface area contributed by atoms with E-state index < -0.39 is 0 Å². The van der Waals surface area contributed by atoms with Crippen LogP contribution >= 0.6 is 11.3 Å². The number of pyridine rings is 1. The molecule has 0 atom stereocenters. The zero-order valence-electron chi connectivity index (χ0n) is 25.8. The van der Waals surface area contributed by atoms with Crippen LogP contribution in [0.3, 0.4) is 0 Å². The summed E-state index contributed by atoms with van der Waals surface area (Å²) in [6.07, 6.45) is 0. The van der Waals surface area contributed by atoms with Crippen molar-refractivity contribution in [1.29, 1.82) is 0 Å². The predicted molar refractivity (Wildman–Crippen MR) is 207 cm³/mol. The van der Waals surface area contributed by atoms with Crippen LogP contribution in [0.5, 0.6) is 0 Å². The number of fused-ring (bicyclic) bond motifs is 15. The topological polar surface area (TPSA) is 17.8 Å². The standard InChI is InChI=1S/C45H26N2S/c1-3-18-33-29(14-1)30-15-2-4-19-34(30)42-41(33)37-20-5-8-21-38(37)46-43(42)27-12-11-13-28(26-27)47-39-22-9-6-16-31(39)35-24-25-36-32-17-7-10-23-40(32)48-45(36)44(35)47/h1-26H. The van der Waals surface area contributed by atoms with Crippen LogP contribution in [0.25, 0.3) is 102 Å². The van der Waals surface area contributed by atoms with Crippen molar-refractivity contribution >= 4 is 96.5 Å². The lowest BCUT2D eigenvalue weighted by molar-refractivity contribution is 1.19. The van der Waals surface area contributed by atoms with Crippen LogP contribution in [0.1, 0.15) is 0 Å². The maximum absolute atomic E-state index is 5.45. The fraction of sp³-hybridized carbons (Fsp3) is 0. The van der Waals surface area contributed by atoms with Gasteiger partial charge in [-0.15, -0.1) is 11.3 Å². The lowest BCUT2D eigenvalue weighted by atomic mass is 9.90. The molecule has 0 bridgehead atoms. The number of hydrogen-bond acceptors (Lipinski definition) is 2. The van der Waals surface area contributed by atoms with E-state index in [9.17, 15) is 0 Å². The van der Waals surface area contributed by atoms with Crippen molar-refractivity contribution in [1.82, 2.24) is 9.55 Å². The first-order valence-electron chi connectivity index (χ1n) is 16.4. The number of rotatable bonds is 2. The Morgan fingerprint density at radius 2 is 1.06 bits per heavy atom. The molecule has 0 unspecified atom stereocenters. The fourth-order valence-electron chi connectivity index (χ4n) is 8.13. The molecule has 48 heavy (non-hydrogen) atoms. The molecule has 0 aliphatic rings. The van der Waals surface area contributed by atoms with Crippen molar-refractivity contribution in [2.75, 3.05) is 0 Å². The van der Waals surface area contributed by atoms with Gasteiger partial charge >= 0.3 is 0 Å². The van der Waals surface area contributed by atoms with Gasteiger partial charge in [-0.25, -0.2) is 4.98 Å². The Morgan fingerprint density at radius 1 is 0.438 bits per heavy atom. The molecule has 0 saturated carbocycles. The minimum absolute atomic E-state index is 1.01. The zero-order valence-corrected chi connectivity index (χ0v) is 26.6. The number of hydrogen-bond donors (Lipinski definition) is 0. The third kappa shape index (κ3) is 3.49. The third-order valence-corrected chi connectivity index (χ3v) is 11.3. The first-order chi connectivity index (χ1) is 23.8. The van der Waals surface area contributed by atoms with Gasteiger partial charge in [0.1, 0.15) is 0 Å². The van der Waals surface area contributed by atoms with Crippen molar-refractivity contribution in [3.8, 4) is 16.9 Å². The average Bonchev–Trinajstić information content (AvgIpc) is 3.70. The van der Waals surface area contributed by atoms with Gasteiger partial charge in [-0.1, -0.05) is 127 Å². The molecule has 3 heteroatoms. The molecule has 3 heterocycles. The Morgan fingerprint density at radius 3 is 1.88 bits per heavy atom. The maximum atomic E-state index is 5.45. The van der Waals surface area contributed by atoms with Gasteiger partial charge in [0.25, 0.3) is 0 Å². The van der Waals surface area contributed by atoms with Gasteiger partial charge in [0, 0.05) is 53.7 Å². The van der Waals surface area contributed by atoms with Crippen LogP contribution in [0, 0.1) is 0 Å². The SMILES string of the molecule is c1cc(-c2nc3ccccc3c3c4ccccc4c4ccccc4c23)cc(-n2c3ccccc3c3ccc4c5ccccc5sc4c32)c1. The van der Waals surface area contributed by atoms with E-state index in [4.69, 9.17) is 4.98 Å². The molecule has 0 fully saturated rings. The number of aromatic nitrogens is 2. The second-order valence-electron chi connectivity index (χ2n) is 12.7. The molecule has 11 rings (SSSR count). The first-order valence-corrected chi connectivity index (χ1v) is 17.2. The Bertz CT molecular complexity index is 3130. The number of thiophene rings is 1.